The maximum atomic E-state index is 12.5. The highest BCUT2D eigenvalue weighted by Crippen LogP contribution is 2.18. The number of nitrogens with zero attached hydrogens (tertiary/aromatic N) is 2. The molecule has 0 aliphatic carbocycles. The van der Waals surface area contributed by atoms with Gasteiger partial charge in [0.15, 0.2) is 12.4 Å². The fraction of sp³-hybridized carbons (Fsp3) is 0.300. The van der Waals surface area contributed by atoms with Crippen molar-refractivity contribution in [3.8, 4) is 11.7 Å². The van der Waals surface area contributed by atoms with Crippen molar-refractivity contribution in [1.29, 1.82) is 0 Å². The molecule has 0 fully saturated rings. The first-order chi connectivity index (χ1) is 13.5. The van der Waals surface area contributed by atoms with Gasteiger partial charge in [0.2, 0.25) is 0 Å². The molecule has 0 unspecified atom stereocenters. The van der Waals surface area contributed by atoms with E-state index in [1.807, 2.05) is 32.9 Å². The predicted octanol–water partition coefficient (Wildman–Crippen LogP) is 3.14. The summed E-state index contributed by atoms with van der Waals surface area (Å²) in [4.78, 5) is 25.0. The summed E-state index contributed by atoms with van der Waals surface area (Å²) in [6, 6.07) is 9.74. The molecule has 1 aromatic carbocycles. The van der Waals surface area contributed by atoms with E-state index in [0.717, 1.165) is 5.56 Å². The second kappa shape index (κ2) is 8.51. The molecule has 1 N–H and O–H groups in total. The predicted molar refractivity (Wildman–Crippen MR) is 99.1 cm³/mol. The van der Waals surface area contributed by atoms with Crippen LogP contribution in [0.1, 0.15) is 35.7 Å². The highest BCUT2D eigenvalue weighted by atomic mass is 16.5. The van der Waals surface area contributed by atoms with E-state index < -0.39 is 12.0 Å². The Hall–Kier alpha value is -3.42. The number of hydrogen-bond donors (Lipinski definition) is 1. The van der Waals surface area contributed by atoms with Gasteiger partial charge in [-0.25, -0.2) is 4.79 Å². The smallest absolute Gasteiger partial charge is 0.329 e. The molecule has 0 saturated heterocycles. The molecule has 2 heterocycles. The number of carbonyl (C=O) groups excluding carboxylic acids is 2. The summed E-state index contributed by atoms with van der Waals surface area (Å²) in [5, 5.41) is 10.4. The van der Waals surface area contributed by atoms with Crippen molar-refractivity contribution in [2.45, 2.75) is 33.4 Å². The molecule has 0 aliphatic heterocycles. The average Bonchev–Trinajstić information content (AvgIpc) is 3.35. The maximum absolute atomic E-state index is 12.5. The lowest BCUT2D eigenvalue weighted by atomic mass is 10.0. The lowest BCUT2D eigenvalue weighted by Gasteiger charge is -2.21. The molecule has 0 radical (unpaired) electrons. The van der Waals surface area contributed by atoms with Gasteiger partial charge in [-0.2, -0.15) is 0 Å². The van der Waals surface area contributed by atoms with E-state index in [2.05, 4.69) is 15.5 Å². The number of hydrogen-bond acceptors (Lipinski definition) is 7. The summed E-state index contributed by atoms with van der Waals surface area (Å²) in [5.74, 6) is -0.310. The van der Waals surface area contributed by atoms with Crippen LogP contribution in [0.15, 0.2) is 51.5 Å². The number of furan rings is 1. The number of amides is 1. The number of esters is 1. The lowest BCUT2D eigenvalue weighted by molar-refractivity contribution is -0.149. The van der Waals surface area contributed by atoms with Gasteiger partial charge in [-0.1, -0.05) is 32.0 Å². The Kier molecular flexibility index (Phi) is 5.88. The van der Waals surface area contributed by atoms with Crippen molar-refractivity contribution >= 4 is 11.9 Å². The monoisotopic (exact) mass is 383 g/mol. The Morgan fingerprint density at radius 3 is 2.61 bits per heavy atom. The third kappa shape index (κ3) is 4.46. The molecule has 8 nitrogen and oxygen atoms in total. The molecule has 28 heavy (non-hydrogen) atoms. The van der Waals surface area contributed by atoms with Gasteiger partial charge in [-0.15, -0.1) is 10.2 Å². The Balaban J connectivity index is 1.62. The van der Waals surface area contributed by atoms with Crippen LogP contribution in [-0.4, -0.2) is 28.1 Å². The SMILES string of the molecule is Cc1ccccc1C(=O)N[C@H](C(=O)OCc1nnc(-c2ccco2)o1)C(C)C. The third-order valence-corrected chi connectivity index (χ3v) is 4.13. The summed E-state index contributed by atoms with van der Waals surface area (Å²) in [7, 11) is 0. The largest absolute Gasteiger partial charge is 0.459 e. The van der Waals surface area contributed by atoms with Crippen LogP contribution in [0.2, 0.25) is 0 Å². The second-order valence-electron chi connectivity index (χ2n) is 6.60. The van der Waals surface area contributed by atoms with Crippen LogP contribution in [0.5, 0.6) is 0 Å². The van der Waals surface area contributed by atoms with E-state index in [4.69, 9.17) is 13.6 Å². The zero-order valence-electron chi connectivity index (χ0n) is 15.8. The quantitative estimate of drug-likeness (QED) is 0.625. The van der Waals surface area contributed by atoms with Gasteiger partial charge in [0.25, 0.3) is 17.7 Å². The highest BCUT2D eigenvalue weighted by Gasteiger charge is 2.27. The molecule has 0 aliphatic rings. The molecule has 8 heteroatoms. The molecule has 0 spiro atoms. The van der Waals surface area contributed by atoms with Gasteiger partial charge in [0.1, 0.15) is 6.04 Å². The van der Waals surface area contributed by atoms with Gasteiger partial charge < -0.3 is 18.9 Å². The fourth-order valence-corrected chi connectivity index (χ4v) is 2.58. The second-order valence-corrected chi connectivity index (χ2v) is 6.60. The molecule has 0 saturated carbocycles. The molecule has 1 atom stereocenters. The summed E-state index contributed by atoms with van der Waals surface area (Å²) < 4.78 is 15.8. The Bertz CT molecular complexity index is 946. The summed E-state index contributed by atoms with van der Waals surface area (Å²) in [5.41, 5.74) is 1.34. The number of rotatable bonds is 7. The Morgan fingerprint density at radius 2 is 1.93 bits per heavy atom. The van der Waals surface area contributed by atoms with Gasteiger partial charge in [-0.3, -0.25) is 4.79 Å². The molecule has 3 aromatic rings. The van der Waals surface area contributed by atoms with E-state index in [1.165, 1.54) is 6.26 Å². The molecular weight excluding hydrogens is 362 g/mol. The molecular formula is C20H21N3O5. The van der Waals surface area contributed by atoms with Gasteiger partial charge >= 0.3 is 5.97 Å². The lowest BCUT2D eigenvalue weighted by Crippen LogP contribution is -2.45. The number of aryl methyl sites for hydroxylation is 1. The van der Waals surface area contributed by atoms with Crippen LogP contribution in [0, 0.1) is 12.8 Å². The highest BCUT2D eigenvalue weighted by molar-refractivity contribution is 5.98. The van der Waals surface area contributed by atoms with E-state index >= 15 is 0 Å². The third-order valence-electron chi connectivity index (χ3n) is 4.13. The number of benzene rings is 1. The molecule has 2 aromatic heterocycles. The number of nitrogens with one attached hydrogen (secondary N) is 1. The Morgan fingerprint density at radius 1 is 1.14 bits per heavy atom. The maximum Gasteiger partial charge on any atom is 0.329 e. The van der Waals surface area contributed by atoms with Crippen molar-refractivity contribution in [1.82, 2.24) is 15.5 Å². The van der Waals surface area contributed by atoms with Crippen LogP contribution < -0.4 is 5.32 Å². The molecule has 1 amide bonds. The topological polar surface area (TPSA) is 107 Å². The summed E-state index contributed by atoms with van der Waals surface area (Å²) >= 11 is 0. The molecule has 3 rings (SSSR count). The first kappa shape index (κ1) is 19.3. The number of aromatic nitrogens is 2. The molecule has 0 bridgehead atoms. The average molecular weight is 383 g/mol. The van der Waals surface area contributed by atoms with Crippen molar-refractivity contribution in [2.75, 3.05) is 0 Å². The Labute approximate surface area is 161 Å². The van der Waals surface area contributed by atoms with Crippen LogP contribution in [0.25, 0.3) is 11.7 Å². The summed E-state index contributed by atoms with van der Waals surface area (Å²) in [6.07, 6.45) is 1.49. The van der Waals surface area contributed by atoms with Crippen molar-refractivity contribution in [3.63, 3.8) is 0 Å². The number of carbonyl (C=O) groups is 2. The zero-order chi connectivity index (χ0) is 20.1. The minimum atomic E-state index is -0.806. The van der Waals surface area contributed by atoms with Crippen LogP contribution >= 0.6 is 0 Å². The normalized spacial score (nSPS) is 12.0. The fourth-order valence-electron chi connectivity index (χ4n) is 2.58. The van der Waals surface area contributed by atoms with Crippen molar-refractivity contribution in [3.05, 3.63) is 59.7 Å². The van der Waals surface area contributed by atoms with Gasteiger partial charge in [0, 0.05) is 5.56 Å². The van der Waals surface area contributed by atoms with Crippen LogP contribution in [-0.2, 0) is 16.1 Å². The minimum Gasteiger partial charge on any atom is -0.459 e. The van der Waals surface area contributed by atoms with Gasteiger partial charge in [0.05, 0.1) is 6.26 Å². The van der Waals surface area contributed by atoms with Crippen molar-refractivity contribution in [2.24, 2.45) is 5.92 Å². The van der Waals surface area contributed by atoms with Crippen LogP contribution in [0.3, 0.4) is 0 Å². The van der Waals surface area contributed by atoms with E-state index in [9.17, 15) is 9.59 Å². The van der Waals surface area contributed by atoms with Crippen LogP contribution in [0.4, 0.5) is 0 Å². The minimum absolute atomic E-state index is 0.132. The van der Waals surface area contributed by atoms with E-state index in [0.29, 0.717) is 11.3 Å². The number of ether oxygens (including phenoxy) is 1. The van der Waals surface area contributed by atoms with Gasteiger partial charge in [-0.05, 0) is 36.6 Å². The first-order valence-corrected chi connectivity index (χ1v) is 8.85. The van der Waals surface area contributed by atoms with E-state index in [1.54, 1.807) is 24.3 Å². The standard InChI is InChI=1S/C20H21N3O5/c1-12(2)17(21-18(24)14-8-5-4-7-13(14)3)20(25)27-11-16-22-23-19(28-16)15-9-6-10-26-15/h4-10,12,17H,11H2,1-3H3,(H,21,24)/t17-/m0/s1. The summed E-state index contributed by atoms with van der Waals surface area (Å²) in [6.45, 7) is 5.29. The van der Waals surface area contributed by atoms with Crippen molar-refractivity contribution < 1.29 is 23.2 Å². The first-order valence-electron chi connectivity index (χ1n) is 8.85. The molecule has 146 valence electrons. The van der Waals surface area contributed by atoms with E-state index in [-0.39, 0.29) is 30.2 Å². The zero-order valence-corrected chi connectivity index (χ0v) is 15.8.